The summed E-state index contributed by atoms with van der Waals surface area (Å²) in [6.07, 6.45) is 11.7. The van der Waals surface area contributed by atoms with E-state index in [4.69, 9.17) is 22.2 Å². The fraction of sp³-hybridized carbons (Fsp3) is 0.511. The molecule has 9 N–H and O–H groups in total. The summed E-state index contributed by atoms with van der Waals surface area (Å²) in [4.78, 5) is 64.4. The molecule has 0 spiro atoms. The van der Waals surface area contributed by atoms with Gasteiger partial charge in [-0.2, -0.15) is 0 Å². The minimum absolute atomic E-state index is 0.0137. The number of anilines is 6. The third-order valence-corrected chi connectivity index (χ3v) is 13.0. The van der Waals surface area contributed by atoms with Crippen LogP contribution in [0.1, 0.15) is 95.3 Å². The number of carbonyl (C=O) groups is 3. The summed E-state index contributed by atoms with van der Waals surface area (Å²) in [7, 11) is 7.79. The molecule has 4 aromatic rings. The van der Waals surface area contributed by atoms with Crippen LogP contribution in [0.5, 0.6) is 0 Å². The van der Waals surface area contributed by atoms with Crippen LogP contribution in [0.4, 0.5) is 39.4 Å². The summed E-state index contributed by atoms with van der Waals surface area (Å²) < 4.78 is 0. The fourth-order valence-corrected chi connectivity index (χ4v) is 9.06. The van der Waals surface area contributed by atoms with E-state index in [1.165, 1.54) is 28.9 Å². The number of rotatable bonds is 11. The summed E-state index contributed by atoms with van der Waals surface area (Å²) in [5, 5.41) is 9.53. The van der Waals surface area contributed by atoms with Gasteiger partial charge in [-0.1, -0.05) is 24.3 Å². The largest absolute Gasteiger partial charge is 0.364 e. The van der Waals surface area contributed by atoms with Crippen LogP contribution in [0.25, 0.3) is 0 Å². The van der Waals surface area contributed by atoms with E-state index < -0.39 is 11.8 Å². The highest BCUT2D eigenvalue weighted by atomic mass is 16.2. The smallest absolute Gasteiger partial charge is 0.317 e. The van der Waals surface area contributed by atoms with Crippen LogP contribution in [0, 0.1) is 0 Å². The number of piperidine rings is 4. The SMILES string of the molecule is CN1CCC(c2ccc(Nc3nc(N4CCC[C@@H](N)C4)cnc3C(N)=O)cc2)CC1.CN1CCC(c2ccc(Nc3nc(N4CCC[C@@H](NC(=O)N(C)C)C4)cnc3C(N)=O)cc2)CC1. The fourth-order valence-electron chi connectivity index (χ4n) is 9.06. The Morgan fingerprint density at radius 2 is 1.05 bits per heavy atom. The van der Waals surface area contributed by atoms with Gasteiger partial charge in [0.05, 0.1) is 12.4 Å². The molecule has 0 bridgehead atoms. The number of benzene rings is 2. The lowest BCUT2D eigenvalue weighted by molar-refractivity contribution is 0.0987. The summed E-state index contributed by atoms with van der Waals surface area (Å²) in [5.74, 6) is 2.00. The number of nitrogens with two attached hydrogens (primary N) is 3. The zero-order valence-electron chi connectivity index (χ0n) is 38.4. The number of nitrogens with one attached hydrogen (secondary N) is 3. The summed E-state index contributed by atoms with van der Waals surface area (Å²) in [5.41, 5.74) is 21.8. The minimum atomic E-state index is -0.635. The van der Waals surface area contributed by atoms with Gasteiger partial charge < -0.3 is 57.7 Å². The van der Waals surface area contributed by atoms with Gasteiger partial charge in [-0.05, 0) is 139 Å². The van der Waals surface area contributed by atoms with Gasteiger partial charge >= 0.3 is 6.03 Å². The first-order valence-corrected chi connectivity index (χ1v) is 23.0. The number of nitrogens with zero attached hydrogens (tertiary/aromatic N) is 9. The standard InChI is InChI=1S/C25H36N8O2.C22H31N7O/c1-31(2)25(35)29-20-5-4-12-33(16-20)21-15-27-22(23(26)34)24(30-21)28-19-8-6-17(7-9-19)18-10-13-32(3)14-11-18;1-28-11-8-16(9-12-28)15-4-6-18(7-5-15)26-22-20(21(24)30)25-13-19(27-22)29-10-2-3-17(23)14-29/h6-9,15,18,20H,4-5,10-14,16H2,1-3H3,(H2,26,34)(H,28,30)(H,29,35);4-7,13,16-17H,2-3,8-12,14,23H2,1H3,(H2,24,30)(H,26,27)/t20-;17-/m11/s1. The van der Waals surface area contributed by atoms with E-state index in [0.29, 0.717) is 41.7 Å². The Kier molecular flexibility index (Phi) is 15.7. The van der Waals surface area contributed by atoms with Crippen LogP contribution in [0.3, 0.4) is 0 Å². The number of amides is 4. The molecule has 4 fully saturated rings. The van der Waals surface area contributed by atoms with Crippen molar-refractivity contribution in [3.63, 3.8) is 0 Å². The number of hydrogen-bond acceptors (Lipinski definition) is 14. The lowest BCUT2D eigenvalue weighted by atomic mass is 9.89. The Hall–Kier alpha value is -6.11. The Bertz CT molecular complexity index is 2230. The minimum Gasteiger partial charge on any atom is -0.364 e. The van der Waals surface area contributed by atoms with Gasteiger partial charge in [-0.3, -0.25) is 9.59 Å². The summed E-state index contributed by atoms with van der Waals surface area (Å²) in [6.45, 7) is 7.53. The van der Waals surface area contributed by atoms with Crippen molar-refractivity contribution in [2.45, 2.75) is 75.3 Å². The summed E-state index contributed by atoms with van der Waals surface area (Å²) >= 11 is 0. The molecular weight excluding hydrogens is 823 g/mol. The van der Waals surface area contributed by atoms with Crippen molar-refractivity contribution in [1.29, 1.82) is 0 Å². The number of carbonyl (C=O) groups excluding carboxylic acids is 3. The van der Waals surface area contributed by atoms with Gasteiger partial charge in [0, 0.05) is 63.7 Å². The molecule has 2 atom stereocenters. The van der Waals surface area contributed by atoms with Gasteiger partial charge in [0.2, 0.25) is 0 Å². The Labute approximate surface area is 382 Å². The molecule has 4 aliphatic heterocycles. The van der Waals surface area contributed by atoms with Crippen LogP contribution in [-0.2, 0) is 0 Å². The Balaban J connectivity index is 0.000000196. The molecule has 0 saturated carbocycles. The second-order valence-electron chi connectivity index (χ2n) is 18.2. The lowest BCUT2D eigenvalue weighted by Gasteiger charge is -2.34. The maximum Gasteiger partial charge on any atom is 0.317 e. The number of likely N-dealkylation sites (tertiary alicyclic amines) is 2. The highest BCUT2D eigenvalue weighted by molar-refractivity contribution is 5.97. The van der Waals surface area contributed by atoms with E-state index in [9.17, 15) is 14.4 Å². The first kappa shape index (κ1) is 46.9. The molecule has 2 aromatic heterocycles. The average molecular weight is 890 g/mol. The van der Waals surface area contributed by atoms with Crippen molar-refractivity contribution in [3.8, 4) is 0 Å². The van der Waals surface area contributed by atoms with Crippen LogP contribution in [0.15, 0.2) is 60.9 Å². The van der Waals surface area contributed by atoms with Gasteiger partial charge in [0.15, 0.2) is 23.0 Å². The number of urea groups is 1. The topological polar surface area (TPSA) is 233 Å². The van der Waals surface area contributed by atoms with Crippen molar-refractivity contribution in [3.05, 3.63) is 83.4 Å². The Morgan fingerprint density at radius 1 is 0.615 bits per heavy atom. The monoisotopic (exact) mass is 890 g/mol. The van der Waals surface area contributed by atoms with E-state index in [-0.39, 0.29) is 29.5 Å². The van der Waals surface area contributed by atoms with Crippen molar-refractivity contribution < 1.29 is 14.4 Å². The predicted molar refractivity (Wildman–Crippen MR) is 256 cm³/mol. The molecule has 18 nitrogen and oxygen atoms in total. The third kappa shape index (κ3) is 12.6. The molecule has 4 aliphatic rings. The normalized spacial score (nSPS) is 20.0. The maximum absolute atomic E-state index is 12.1. The molecule has 65 heavy (non-hydrogen) atoms. The first-order chi connectivity index (χ1) is 31.3. The molecule has 18 heteroatoms. The van der Waals surface area contributed by atoms with Crippen molar-refractivity contribution in [1.82, 2.24) is 40.0 Å². The third-order valence-electron chi connectivity index (χ3n) is 13.0. The van der Waals surface area contributed by atoms with E-state index in [2.05, 4.69) is 88.9 Å². The maximum atomic E-state index is 12.1. The van der Waals surface area contributed by atoms with E-state index >= 15 is 0 Å². The van der Waals surface area contributed by atoms with Crippen LogP contribution in [-0.4, -0.2) is 145 Å². The molecule has 348 valence electrons. The van der Waals surface area contributed by atoms with Crippen molar-refractivity contribution in [2.75, 3.05) is 101 Å². The number of aromatic nitrogens is 4. The molecule has 0 aliphatic carbocycles. The molecule has 4 saturated heterocycles. The lowest BCUT2D eigenvalue weighted by Crippen LogP contribution is -2.50. The number of hydrogen-bond donors (Lipinski definition) is 6. The highest BCUT2D eigenvalue weighted by Gasteiger charge is 2.26. The van der Waals surface area contributed by atoms with E-state index in [0.717, 1.165) is 95.7 Å². The average Bonchev–Trinajstić information content (AvgIpc) is 3.30. The molecule has 0 radical (unpaired) electrons. The second-order valence-corrected chi connectivity index (χ2v) is 18.2. The number of primary amides is 2. The summed E-state index contributed by atoms with van der Waals surface area (Å²) in [6, 6.07) is 16.7. The van der Waals surface area contributed by atoms with Crippen molar-refractivity contribution in [2.24, 2.45) is 17.2 Å². The highest BCUT2D eigenvalue weighted by Crippen LogP contribution is 2.31. The molecule has 8 rings (SSSR count). The van der Waals surface area contributed by atoms with Gasteiger partial charge in [-0.15, -0.1) is 0 Å². The van der Waals surface area contributed by atoms with E-state index in [1.807, 2.05) is 24.3 Å². The Morgan fingerprint density at radius 3 is 1.46 bits per heavy atom. The second kappa shape index (κ2) is 21.7. The molecular formula is C47H67N15O3. The molecule has 2 aromatic carbocycles. The zero-order valence-corrected chi connectivity index (χ0v) is 38.4. The zero-order chi connectivity index (χ0) is 46.0. The van der Waals surface area contributed by atoms with Crippen molar-refractivity contribution >= 4 is 52.5 Å². The van der Waals surface area contributed by atoms with Gasteiger partial charge in [0.1, 0.15) is 11.6 Å². The molecule has 0 unspecified atom stereocenters. The quantitative estimate of drug-likeness (QED) is 0.122. The van der Waals surface area contributed by atoms with Gasteiger partial charge in [0.25, 0.3) is 11.8 Å². The van der Waals surface area contributed by atoms with Crippen LogP contribution < -0.4 is 43.0 Å². The molecule has 6 heterocycles. The predicted octanol–water partition coefficient (Wildman–Crippen LogP) is 4.42. The first-order valence-electron chi connectivity index (χ1n) is 23.0. The van der Waals surface area contributed by atoms with Gasteiger partial charge in [-0.25, -0.2) is 24.7 Å². The molecule has 4 amide bonds. The van der Waals surface area contributed by atoms with Crippen LogP contribution >= 0.6 is 0 Å². The van der Waals surface area contributed by atoms with E-state index in [1.54, 1.807) is 26.5 Å². The van der Waals surface area contributed by atoms with Crippen LogP contribution in [0.2, 0.25) is 0 Å².